The largest absolute Gasteiger partial charge is 0.469 e. The van der Waals surface area contributed by atoms with Gasteiger partial charge in [-0.25, -0.2) is 0 Å². The summed E-state index contributed by atoms with van der Waals surface area (Å²) in [6, 6.07) is 6.63. The van der Waals surface area contributed by atoms with Gasteiger partial charge < -0.3 is 9.64 Å². The lowest BCUT2D eigenvalue weighted by molar-refractivity contribution is -0.148. The summed E-state index contributed by atoms with van der Waals surface area (Å²) in [7, 11) is 1.39. The predicted molar refractivity (Wildman–Crippen MR) is 123 cm³/mol. The third-order valence-corrected chi connectivity index (χ3v) is 8.14. The molecule has 4 rings (SSSR count). The lowest BCUT2D eigenvalue weighted by Gasteiger charge is -2.39. The predicted octanol–water partition coefficient (Wildman–Crippen LogP) is 4.44. The van der Waals surface area contributed by atoms with Gasteiger partial charge >= 0.3 is 5.97 Å². The Morgan fingerprint density at radius 1 is 1.28 bits per heavy atom. The first-order chi connectivity index (χ1) is 15.2. The average Bonchev–Trinajstić information content (AvgIpc) is 3.08. The lowest BCUT2D eigenvalue weighted by Crippen LogP contribution is -2.45. The molecule has 1 spiro atoms. The zero-order valence-electron chi connectivity index (χ0n) is 20.1. The SMILES string of the molecule is COC(=O)C(CC(=O)[C@H]1C2CC(=O)N3CCCc4cc(C)ccc4C23C[C@@H]1C)CC(C)C. The second-order valence-electron chi connectivity index (χ2n) is 10.8. The minimum Gasteiger partial charge on any atom is -0.469 e. The molecule has 3 unspecified atom stereocenters. The highest BCUT2D eigenvalue weighted by atomic mass is 16.5. The topological polar surface area (TPSA) is 63.7 Å². The summed E-state index contributed by atoms with van der Waals surface area (Å²) in [5.74, 6) is -0.138. The minimum absolute atomic E-state index is 0.0191. The Morgan fingerprint density at radius 2 is 2.03 bits per heavy atom. The van der Waals surface area contributed by atoms with Crippen LogP contribution in [-0.4, -0.2) is 36.2 Å². The lowest BCUT2D eigenvalue weighted by atomic mass is 9.74. The van der Waals surface area contributed by atoms with Crippen LogP contribution >= 0.6 is 0 Å². The molecule has 1 aliphatic carbocycles. The van der Waals surface area contributed by atoms with Gasteiger partial charge in [-0.1, -0.05) is 44.5 Å². The Hall–Kier alpha value is -2.17. The summed E-state index contributed by atoms with van der Waals surface area (Å²) in [5, 5.41) is 0. The Labute approximate surface area is 191 Å². The van der Waals surface area contributed by atoms with Crippen molar-refractivity contribution in [3.63, 3.8) is 0 Å². The van der Waals surface area contributed by atoms with E-state index < -0.39 is 5.92 Å². The summed E-state index contributed by atoms with van der Waals surface area (Å²) >= 11 is 0. The maximum Gasteiger partial charge on any atom is 0.309 e. The fourth-order valence-electron chi connectivity index (χ4n) is 7.07. The van der Waals surface area contributed by atoms with Crippen LogP contribution in [0.2, 0.25) is 0 Å². The van der Waals surface area contributed by atoms with Crippen LogP contribution in [0.5, 0.6) is 0 Å². The van der Waals surface area contributed by atoms with Crippen LogP contribution in [-0.2, 0) is 31.1 Å². The van der Waals surface area contributed by atoms with E-state index in [2.05, 4.69) is 50.8 Å². The van der Waals surface area contributed by atoms with Gasteiger partial charge in [0.25, 0.3) is 0 Å². The van der Waals surface area contributed by atoms with E-state index in [4.69, 9.17) is 4.74 Å². The van der Waals surface area contributed by atoms with Crippen LogP contribution in [0, 0.1) is 36.5 Å². The number of Topliss-reactive ketones (excluding diaryl/α,β-unsaturated/α-hetero) is 1. The number of benzene rings is 1. The molecule has 2 heterocycles. The van der Waals surface area contributed by atoms with E-state index >= 15 is 0 Å². The van der Waals surface area contributed by atoms with E-state index in [1.807, 2.05) is 0 Å². The Bertz CT molecular complexity index is 922. The number of aryl methyl sites for hydroxylation is 2. The quantitative estimate of drug-likeness (QED) is 0.615. The molecular weight excluding hydrogens is 402 g/mol. The zero-order valence-corrected chi connectivity index (χ0v) is 20.1. The van der Waals surface area contributed by atoms with Gasteiger partial charge in [0, 0.05) is 31.2 Å². The molecule has 32 heavy (non-hydrogen) atoms. The highest BCUT2D eigenvalue weighted by molar-refractivity contribution is 5.89. The molecule has 0 radical (unpaired) electrons. The van der Waals surface area contributed by atoms with Gasteiger partial charge in [-0.2, -0.15) is 0 Å². The number of nitrogens with zero attached hydrogens (tertiary/aromatic N) is 1. The van der Waals surface area contributed by atoms with Gasteiger partial charge in [-0.05, 0) is 55.6 Å². The molecule has 1 aromatic carbocycles. The third kappa shape index (κ3) is 3.68. The van der Waals surface area contributed by atoms with Crippen LogP contribution in [0.25, 0.3) is 0 Å². The second-order valence-corrected chi connectivity index (χ2v) is 10.8. The van der Waals surface area contributed by atoms with Crippen molar-refractivity contribution in [2.24, 2.45) is 29.6 Å². The zero-order chi connectivity index (χ0) is 23.2. The second kappa shape index (κ2) is 8.64. The average molecular weight is 440 g/mol. The number of ether oxygens (including phenoxy) is 1. The molecule has 2 fully saturated rings. The Kier molecular flexibility index (Phi) is 6.21. The molecule has 1 saturated heterocycles. The fraction of sp³-hybridized carbons (Fsp3) is 0.667. The van der Waals surface area contributed by atoms with E-state index in [0.717, 1.165) is 25.8 Å². The van der Waals surface area contributed by atoms with Gasteiger partial charge in [0.05, 0.1) is 18.6 Å². The van der Waals surface area contributed by atoms with Crippen LogP contribution in [0.1, 0.15) is 69.6 Å². The summed E-state index contributed by atoms with van der Waals surface area (Å²) in [5.41, 5.74) is 3.45. The number of fused-ring (bicyclic) bond motifs is 1. The maximum atomic E-state index is 13.7. The third-order valence-electron chi connectivity index (χ3n) is 8.14. The maximum absolute atomic E-state index is 13.7. The molecule has 174 valence electrons. The fourth-order valence-corrected chi connectivity index (χ4v) is 7.07. The van der Waals surface area contributed by atoms with Gasteiger partial charge in [0.2, 0.25) is 5.91 Å². The number of esters is 1. The Morgan fingerprint density at radius 3 is 2.72 bits per heavy atom. The first-order valence-electron chi connectivity index (χ1n) is 12.2. The van der Waals surface area contributed by atoms with Crippen LogP contribution in [0.4, 0.5) is 0 Å². The van der Waals surface area contributed by atoms with Crippen molar-refractivity contribution in [2.45, 2.75) is 71.8 Å². The number of hydrogen-bond donors (Lipinski definition) is 0. The number of carbonyl (C=O) groups excluding carboxylic acids is 3. The van der Waals surface area contributed by atoms with Gasteiger partial charge in [0.15, 0.2) is 0 Å². The summed E-state index contributed by atoms with van der Waals surface area (Å²) in [6.45, 7) is 9.15. The molecule has 5 heteroatoms. The van der Waals surface area contributed by atoms with Crippen LogP contribution in [0.3, 0.4) is 0 Å². The summed E-state index contributed by atoms with van der Waals surface area (Å²) < 4.78 is 5.01. The number of ketones is 1. The normalized spacial score (nSPS) is 29.9. The van der Waals surface area contributed by atoms with Crippen molar-refractivity contribution < 1.29 is 19.1 Å². The molecule has 0 bridgehead atoms. The van der Waals surface area contributed by atoms with Crippen molar-refractivity contribution >= 4 is 17.7 Å². The number of methoxy groups -OCH3 is 1. The van der Waals surface area contributed by atoms with Crippen molar-refractivity contribution in [2.75, 3.05) is 13.7 Å². The summed E-state index contributed by atoms with van der Waals surface area (Å²) in [4.78, 5) is 41.4. The molecule has 1 aromatic rings. The van der Waals surface area contributed by atoms with E-state index in [0.29, 0.717) is 18.8 Å². The highest BCUT2D eigenvalue weighted by Gasteiger charge is 2.64. The molecule has 5 atom stereocenters. The monoisotopic (exact) mass is 439 g/mol. The molecule has 3 aliphatic rings. The molecule has 0 aromatic heterocycles. The van der Waals surface area contributed by atoms with E-state index in [1.54, 1.807) is 0 Å². The standard InChI is InChI=1S/C27H37NO4/c1-16(2)11-20(26(31)32-5)13-23(29)25-18(4)15-27-21-9-8-17(3)12-19(21)7-6-10-28(27)24(30)14-22(25)27/h8-9,12,16,18,20,22,25H,6-7,10-11,13-15H2,1-5H3/t18-,20?,22?,25+,27?/m0/s1. The first kappa shape index (κ1) is 23.0. The smallest absolute Gasteiger partial charge is 0.309 e. The molecule has 0 N–H and O–H groups in total. The van der Waals surface area contributed by atoms with E-state index in [-0.39, 0.29) is 47.4 Å². The highest BCUT2D eigenvalue weighted by Crippen LogP contribution is 2.60. The molecular formula is C27H37NO4. The van der Waals surface area contributed by atoms with Crippen molar-refractivity contribution in [1.29, 1.82) is 0 Å². The Balaban J connectivity index is 1.70. The van der Waals surface area contributed by atoms with Crippen LogP contribution < -0.4 is 0 Å². The number of rotatable bonds is 6. The molecule has 1 amide bonds. The minimum atomic E-state index is -0.409. The number of carbonyl (C=O) groups is 3. The van der Waals surface area contributed by atoms with Crippen molar-refractivity contribution in [1.82, 2.24) is 4.90 Å². The van der Waals surface area contributed by atoms with Crippen LogP contribution in [0.15, 0.2) is 18.2 Å². The van der Waals surface area contributed by atoms with Gasteiger partial charge in [-0.15, -0.1) is 0 Å². The summed E-state index contributed by atoms with van der Waals surface area (Å²) in [6.07, 6.45) is 4.04. The molecule has 5 nitrogen and oxygen atoms in total. The van der Waals surface area contributed by atoms with E-state index in [9.17, 15) is 14.4 Å². The molecule has 1 saturated carbocycles. The van der Waals surface area contributed by atoms with Crippen molar-refractivity contribution in [3.8, 4) is 0 Å². The number of hydrogen-bond acceptors (Lipinski definition) is 4. The molecule has 2 aliphatic heterocycles. The van der Waals surface area contributed by atoms with Crippen molar-refractivity contribution in [3.05, 3.63) is 34.9 Å². The van der Waals surface area contributed by atoms with E-state index in [1.165, 1.54) is 23.8 Å². The number of amides is 1. The first-order valence-corrected chi connectivity index (χ1v) is 12.2. The van der Waals surface area contributed by atoms with Gasteiger partial charge in [-0.3, -0.25) is 14.4 Å². The van der Waals surface area contributed by atoms with Gasteiger partial charge in [0.1, 0.15) is 5.78 Å².